The summed E-state index contributed by atoms with van der Waals surface area (Å²) in [6, 6.07) is 15.5. The molecule has 0 spiro atoms. The molecule has 0 radical (unpaired) electrons. The van der Waals surface area contributed by atoms with E-state index in [-0.39, 0.29) is 5.91 Å². The van der Waals surface area contributed by atoms with E-state index in [1.807, 2.05) is 42.7 Å². The third-order valence-electron chi connectivity index (χ3n) is 4.50. The number of rotatable bonds is 8. The van der Waals surface area contributed by atoms with Crippen LogP contribution in [0.15, 0.2) is 54.7 Å². The molecule has 0 aliphatic rings. The topological polar surface area (TPSA) is 69.3 Å². The number of carbonyl (C=O) groups is 1. The quantitative estimate of drug-likeness (QED) is 0.622. The fourth-order valence-electron chi connectivity index (χ4n) is 2.98. The lowest BCUT2D eigenvalue weighted by Crippen LogP contribution is -2.36. The number of anilines is 1. The molecule has 6 heteroatoms. The number of nitrogens with two attached hydrogens (primary N) is 1. The van der Waals surface area contributed by atoms with Crippen molar-refractivity contribution in [2.24, 2.45) is 5.73 Å². The Morgan fingerprint density at radius 2 is 2.11 bits per heavy atom. The summed E-state index contributed by atoms with van der Waals surface area (Å²) in [6.07, 6.45) is 4.73. The molecule has 1 heterocycles. The molecule has 3 aromatic rings. The molecule has 1 aromatic heterocycles. The van der Waals surface area contributed by atoms with Gasteiger partial charge >= 0.3 is 0 Å². The maximum Gasteiger partial charge on any atom is 0.241 e. The maximum atomic E-state index is 12.3. The molecule has 0 bridgehead atoms. The molecule has 0 saturated heterocycles. The minimum atomic E-state index is -0.489. The monoisotopic (exact) mass is 383 g/mol. The second-order valence-corrected chi connectivity index (χ2v) is 7.43. The first-order chi connectivity index (χ1) is 13.1. The fraction of sp³-hybridized carbons (Fsp3) is 0.286. The summed E-state index contributed by atoms with van der Waals surface area (Å²) < 4.78 is 7.46. The number of fused-ring (bicyclic) bond motifs is 1. The fourth-order valence-corrected chi connectivity index (χ4v) is 3.47. The summed E-state index contributed by atoms with van der Waals surface area (Å²) in [6.45, 7) is 0.728. The smallest absolute Gasteiger partial charge is 0.241 e. The van der Waals surface area contributed by atoms with Crippen LogP contribution in [0, 0.1) is 0 Å². The molecule has 3 rings (SSSR count). The van der Waals surface area contributed by atoms with Gasteiger partial charge in [0.15, 0.2) is 0 Å². The molecule has 1 atom stereocenters. The number of amides is 1. The number of hydrogen-bond acceptors (Lipinski definition) is 4. The maximum absolute atomic E-state index is 12.3. The van der Waals surface area contributed by atoms with Crippen LogP contribution >= 0.6 is 11.8 Å². The van der Waals surface area contributed by atoms with Crippen LogP contribution in [-0.4, -0.2) is 35.6 Å². The van der Waals surface area contributed by atoms with Crippen LogP contribution in [0.1, 0.15) is 12.0 Å². The van der Waals surface area contributed by atoms with Crippen LogP contribution in [0.5, 0.6) is 5.75 Å². The van der Waals surface area contributed by atoms with Crippen molar-refractivity contribution < 1.29 is 9.53 Å². The van der Waals surface area contributed by atoms with Crippen molar-refractivity contribution >= 4 is 34.3 Å². The number of benzene rings is 2. The summed E-state index contributed by atoms with van der Waals surface area (Å²) in [7, 11) is 1.67. The van der Waals surface area contributed by atoms with Crippen molar-refractivity contribution in [3.8, 4) is 5.75 Å². The Hall–Kier alpha value is -2.44. The van der Waals surface area contributed by atoms with Gasteiger partial charge in [0.05, 0.1) is 18.7 Å². The first kappa shape index (κ1) is 19.3. The molecular formula is C21H25N3O2S. The molecule has 0 aliphatic heterocycles. The number of nitrogens with zero attached hydrogens (tertiary/aromatic N) is 1. The SMILES string of the molecule is COc1cccc(Cn2ccc3ccc(NC(=O)C(N)CCSC)cc32)c1. The molecule has 27 heavy (non-hydrogen) atoms. The van der Waals surface area contributed by atoms with Crippen molar-refractivity contribution in [3.05, 3.63) is 60.3 Å². The standard InChI is InChI=1S/C21H25N3O2S/c1-26-18-5-3-4-15(12-18)14-24-10-8-16-6-7-17(13-20(16)24)23-21(25)19(22)9-11-27-2/h3-8,10,12-13,19H,9,11,14,22H2,1-2H3,(H,23,25). The van der Waals surface area contributed by atoms with Gasteiger partial charge in [-0.2, -0.15) is 11.8 Å². The van der Waals surface area contributed by atoms with E-state index >= 15 is 0 Å². The van der Waals surface area contributed by atoms with Gasteiger partial charge in [-0.3, -0.25) is 4.79 Å². The highest BCUT2D eigenvalue weighted by Crippen LogP contribution is 2.23. The minimum absolute atomic E-state index is 0.144. The predicted molar refractivity (Wildman–Crippen MR) is 114 cm³/mol. The highest BCUT2D eigenvalue weighted by Gasteiger charge is 2.13. The van der Waals surface area contributed by atoms with E-state index in [0.717, 1.165) is 40.2 Å². The third-order valence-corrected chi connectivity index (χ3v) is 5.14. The first-order valence-corrected chi connectivity index (χ1v) is 10.3. The van der Waals surface area contributed by atoms with Crippen molar-refractivity contribution in [1.82, 2.24) is 4.57 Å². The Labute approximate surface area is 163 Å². The van der Waals surface area contributed by atoms with Crippen LogP contribution < -0.4 is 15.8 Å². The van der Waals surface area contributed by atoms with Gasteiger partial charge in [-0.15, -0.1) is 0 Å². The zero-order chi connectivity index (χ0) is 19.2. The van der Waals surface area contributed by atoms with Crippen LogP contribution in [0.25, 0.3) is 10.9 Å². The minimum Gasteiger partial charge on any atom is -0.497 e. The lowest BCUT2D eigenvalue weighted by molar-refractivity contribution is -0.117. The Morgan fingerprint density at radius 1 is 1.26 bits per heavy atom. The van der Waals surface area contributed by atoms with E-state index < -0.39 is 6.04 Å². The summed E-state index contributed by atoms with van der Waals surface area (Å²) >= 11 is 1.69. The zero-order valence-electron chi connectivity index (χ0n) is 15.6. The summed E-state index contributed by atoms with van der Waals surface area (Å²) in [4.78, 5) is 12.3. The van der Waals surface area contributed by atoms with Crippen molar-refractivity contribution in [1.29, 1.82) is 0 Å². The molecular weight excluding hydrogens is 358 g/mol. The zero-order valence-corrected chi connectivity index (χ0v) is 16.5. The van der Waals surface area contributed by atoms with Gasteiger partial charge in [0.25, 0.3) is 0 Å². The van der Waals surface area contributed by atoms with E-state index in [1.54, 1.807) is 18.9 Å². The first-order valence-electron chi connectivity index (χ1n) is 8.88. The number of aromatic nitrogens is 1. The van der Waals surface area contributed by atoms with Crippen molar-refractivity contribution in [2.75, 3.05) is 24.4 Å². The van der Waals surface area contributed by atoms with Gasteiger partial charge in [0.2, 0.25) is 5.91 Å². The summed E-state index contributed by atoms with van der Waals surface area (Å²) in [5.74, 6) is 1.57. The molecule has 5 nitrogen and oxygen atoms in total. The average molecular weight is 384 g/mol. The van der Waals surface area contributed by atoms with Gasteiger partial charge in [-0.1, -0.05) is 18.2 Å². The second-order valence-electron chi connectivity index (χ2n) is 6.45. The highest BCUT2D eigenvalue weighted by atomic mass is 32.2. The number of carbonyl (C=O) groups excluding carboxylic acids is 1. The van der Waals surface area contributed by atoms with Crippen LogP contribution in [0.3, 0.4) is 0 Å². The molecule has 3 N–H and O–H groups in total. The van der Waals surface area contributed by atoms with E-state index in [1.165, 1.54) is 0 Å². The Balaban J connectivity index is 1.78. The number of methoxy groups -OCH3 is 1. The summed E-state index contributed by atoms with van der Waals surface area (Å²) in [5, 5.41) is 4.06. The number of ether oxygens (including phenoxy) is 1. The van der Waals surface area contributed by atoms with Crippen LogP contribution in [0.2, 0.25) is 0 Å². The van der Waals surface area contributed by atoms with E-state index in [0.29, 0.717) is 6.42 Å². The lowest BCUT2D eigenvalue weighted by Gasteiger charge is -2.12. The number of nitrogens with one attached hydrogen (secondary N) is 1. The Kier molecular flexibility index (Phi) is 6.42. The highest BCUT2D eigenvalue weighted by molar-refractivity contribution is 7.98. The van der Waals surface area contributed by atoms with Crippen LogP contribution in [0.4, 0.5) is 5.69 Å². The van der Waals surface area contributed by atoms with E-state index in [9.17, 15) is 4.79 Å². The molecule has 0 saturated carbocycles. The molecule has 142 valence electrons. The van der Waals surface area contributed by atoms with Gasteiger partial charge in [0.1, 0.15) is 5.75 Å². The van der Waals surface area contributed by atoms with Crippen molar-refractivity contribution in [3.63, 3.8) is 0 Å². The summed E-state index contributed by atoms with van der Waals surface area (Å²) in [5.41, 5.74) is 8.94. The molecule has 0 aliphatic carbocycles. The van der Waals surface area contributed by atoms with Crippen molar-refractivity contribution in [2.45, 2.75) is 19.0 Å². The molecule has 1 amide bonds. The van der Waals surface area contributed by atoms with Crippen LogP contribution in [-0.2, 0) is 11.3 Å². The predicted octanol–water partition coefficient (Wildman–Crippen LogP) is 3.72. The number of thioether (sulfide) groups is 1. The van der Waals surface area contributed by atoms with Gasteiger partial charge in [0, 0.05) is 18.4 Å². The van der Waals surface area contributed by atoms with Gasteiger partial charge in [-0.05, 0) is 59.7 Å². The second kappa shape index (κ2) is 8.97. The van der Waals surface area contributed by atoms with E-state index in [4.69, 9.17) is 10.5 Å². The number of hydrogen-bond donors (Lipinski definition) is 2. The average Bonchev–Trinajstić information content (AvgIpc) is 3.08. The van der Waals surface area contributed by atoms with Gasteiger partial charge in [-0.25, -0.2) is 0 Å². The van der Waals surface area contributed by atoms with Gasteiger partial charge < -0.3 is 20.4 Å². The normalized spacial score (nSPS) is 12.1. The molecule has 2 aromatic carbocycles. The Bertz CT molecular complexity index is 923. The Morgan fingerprint density at radius 3 is 2.89 bits per heavy atom. The third kappa shape index (κ3) is 4.84. The largest absolute Gasteiger partial charge is 0.497 e. The molecule has 0 fully saturated rings. The molecule has 1 unspecified atom stereocenters. The van der Waals surface area contributed by atoms with E-state index in [2.05, 4.69) is 28.2 Å². The lowest BCUT2D eigenvalue weighted by atomic mass is 10.2.